The average Bonchev–Trinajstić information content (AvgIpc) is 2.13. The molecule has 13 heavy (non-hydrogen) atoms. The molecule has 0 saturated carbocycles. The number of rotatable bonds is 2. The molecule has 0 radical (unpaired) electrons. The molecule has 1 rings (SSSR count). The van der Waals surface area contributed by atoms with Crippen LogP contribution >= 0.6 is 0 Å². The van der Waals surface area contributed by atoms with Crippen LogP contribution in [0.2, 0.25) is 0 Å². The van der Waals surface area contributed by atoms with E-state index in [-0.39, 0.29) is 5.92 Å². The molecule has 0 spiro atoms. The second kappa shape index (κ2) is 3.85. The van der Waals surface area contributed by atoms with Gasteiger partial charge in [0.25, 0.3) is 0 Å². The Labute approximate surface area is 77.4 Å². The zero-order chi connectivity index (χ0) is 10.0. The Morgan fingerprint density at radius 1 is 1.69 bits per heavy atom. The Kier molecular flexibility index (Phi) is 3.01. The number of aldehydes is 1. The van der Waals surface area contributed by atoms with E-state index in [4.69, 9.17) is 0 Å². The fourth-order valence-electron chi connectivity index (χ4n) is 1.52. The molecule has 3 nitrogen and oxygen atoms in total. The summed E-state index contributed by atoms with van der Waals surface area (Å²) in [6.45, 7) is 5.30. The Bertz CT molecular complexity index is 255. The molecular weight excluding hydrogens is 168 g/mol. The normalized spacial score (nSPS) is 33.8. The van der Waals surface area contributed by atoms with Crippen molar-refractivity contribution in [1.82, 2.24) is 0 Å². The predicted octanol–water partition coefficient (Wildman–Crippen LogP) is 0.429. The number of aliphatic hydroxyl groups is 2. The van der Waals surface area contributed by atoms with Crippen molar-refractivity contribution in [3.63, 3.8) is 0 Å². The molecular formula is C10H14O3. The first-order valence-electron chi connectivity index (χ1n) is 4.24. The van der Waals surface area contributed by atoms with E-state index in [9.17, 15) is 15.0 Å². The van der Waals surface area contributed by atoms with Crippen molar-refractivity contribution in [2.45, 2.75) is 25.6 Å². The van der Waals surface area contributed by atoms with Crippen LogP contribution < -0.4 is 0 Å². The molecule has 0 fully saturated rings. The summed E-state index contributed by atoms with van der Waals surface area (Å²) in [4.78, 5) is 10.4. The molecule has 0 amide bonds. The number of carbonyl (C=O) groups excluding carboxylic acids is 1. The van der Waals surface area contributed by atoms with Crippen LogP contribution in [0.1, 0.15) is 13.3 Å². The maximum atomic E-state index is 10.4. The zero-order valence-electron chi connectivity index (χ0n) is 7.60. The summed E-state index contributed by atoms with van der Waals surface area (Å²) in [5.74, 6) is -0.337. The van der Waals surface area contributed by atoms with Crippen LogP contribution in [0.3, 0.4) is 0 Å². The molecule has 72 valence electrons. The number of allylic oxidation sites excluding steroid dienone is 1. The van der Waals surface area contributed by atoms with Gasteiger partial charge >= 0.3 is 0 Å². The van der Waals surface area contributed by atoms with E-state index in [1.165, 1.54) is 0 Å². The SMILES string of the molecule is C=C(C=O)[C@@H]1CC=C(C)[C@@H](O)[C@@H]1O. The van der Waals surface area contributed by atoms with Crippen LogP contribution in [-0.4, -0.2) is 28.7 Å². The van der Waals surface area contributed by atoms with Gasteiger partial charge in [0.05, 0.1) is 6.10 Å². The van der Waals surface area contributed by atoms with Crippen LogP contribution in [0.5, 0.6) is 0 Å². The van der Waals surface area contributed by atoms with Gasteiger partial charge in [0.1, 0.15) is 12.4 Å². The van der Waals surface area contributed by atoms with Gasteiger partial charge in [-0.2, -0.15) is 0 Å². The van der Waals surface area contributed by atoms with Crippen molar-refractivity contribution in [2.75, 3.05) is 0 Å². The van der Waals surface area contributed by atoms with E-state index < -0.39 is 12.2 Å². The smallest absolute Gasteiger partial charge is 0.145 e. The molecule has 0 aromatic carbocycles. The fourth-order valence-corrected chi connectivity index (χ4v) is 1.52. The van der Waals surface area contributed by atoms with Crippen molar-refractivity contribution in [3.05, 3.63) is 23.8 Å². The molecule has 0 unspecified atom stereocenters. The molecule has 3 heteroatoms. The summed E-state index contributed by atoms with van der Waals surface area (Å²) in [5.41, 5.74) is 1.10. The minimum atomic E-state index is -0.900. The molecule has 0 saturated heterocycles. The summed E-state index contributed by atoms with van der Waals surface area (Å²) in [5, 5.41) is 19.1. The van der Waals surface area contributed by atoms with E-state index >= 15 is 0 Å². The van der Waals surface area contributed by atoms with Crippen LogP contribution in [0.25, 0.3) is 0 Å². The van der Waals surface area contributed by atoms with Gasteiger partial charge in [-0.05, 0) is 24.5 Å². The molecule has 3 atom stereocenters. The third-order valence-electron chi connectivity index (χ3n) is 2.52. The topological polar surface area (TPSA) is 57.5 Å². The lowest BCUT2D eigenvalue weighted by molar-refractivity contribution is -0.106. The molecule has 0 aromatic heterocycles. The van der Waals surface area contributed by atoms with Gasteiger partial charge in [-0.1, -0.05) is 12.7 Å². The third kappa shape index (κ3) is 1.87. The summed E-state index contributed by atoms with van der Waals surface area (Å²) < 4.78 is 0. The third-order valence-corrected chi connectivity index (χ3v) is 2.52. The average molecular weight is 182 g/mol. The monoisotopic (exact) mass is 182 g/mol. The number of aliphatic hydroxyl groups excluding tert-OH is 2. The second-order valence-corrected chi connectivity index (χ2v) is 3.42. The molecule has 0 heterocycles. The maximum absolute atomic E-state index is 10.4. The van der Waals surface area contributed by atoms with Gasteiger partial charge in [0, 0.05) is 5.92 Å². The van der Waals surface area contributed by atoms with Crippen LogP contribution in [-0.2, 0) is 4.79 Å². The van der Waals surface area contributed by atoms with Crippen LogP contribution in [0.15, 0.2) is 23.8 Å². The fraction of sp³-hybridized carbons (Fsp3) is 0.500. The van der Waals surface area contributed by atoms with Crippen LogP contribution in [0.4, 0.5) is 0 Å². The van der Waals surface area contributed by atoms with E-state index in [2.05, 4.69) is 6.58 Å². The lowest BCUT2D eigenvalue weighted by Crippen LogP contribution is -2.38. The summed E-state index contributed by atoms with van der Waals surface area (Å²) in [7, 11) is 0. The van der Waals surface area contributed by atoms with Crippen molar-refractivity contribution < 1.29 is 15.0 Å². The molecule has 0 aromatic rings. The molecule has 1 aliphatic rings. The van der Waals surface area contributed by atoms with Crippen molar-refractivity contribution in [1.29, 1.82) is 0 Å². The highest BCUT2D eigenvalue weighted by molar-refractivity contribution is 5.73. The zero-order valence-corrected chi connectivity index (χ0v) is 7.60. The first-order valence-corrected chi connectivity index (χ1v) is 4.24. The highest BCUT2D eigenvalue weighted by Gasteiger charge is 2.31. The highest BCUT2D eigenvalue weighted by Crippen LogP contribution is 2.28. The maximum Gasteiger partial charge on any atom is 0.145 e. The highest BCUT2D eigenvalue weighted by atomic mass is 16.3. The predicted molar refractivity (Wildman–Crippen MR) is 49.1 cm³/mol. The molecule has 0 bridgehead atoms. The molecule has 2 N–H and O–H groups in total. The van der Waals surface area contributed by atoms with Gasteiger partial charge in [-0.3, -0.25) is 4.79 Å². The number of hydrogen-bond donors (Lipinski definition) is 2. The Morgan fingerprint density at radius 3 is 2.85 bits per heavy atom. The first kappa shape index (κ1) is 10.2. The van der Waals surface area contributed by atoms with Gasteiger partial charge in [-0.25, -0.2) is 0 Å². The van der Waals surface area contributed by atoms with Crippen molar-refractivity contribution in [2.24, 2.45) is 5.92 Å². The van der Waals surface area contributed by atoms with Crippen molar-refractivity contribution >= 4 is 6.29 Å². The second-order valence-electron chi connectivity index (χ2n) is 3.42. The lowest BCUT2D eigenvalue weighted by atomic mass is 9.81. The van der Waals surface area contributed by atoms with E-state index in [0.717, 1.165) is 5.57 Å². The van der Waals surface area contributed by atoms with Gasteiger partial charge < -0.3 is 10.2 Å². The van der Waals surface area contributed by atoms with Crippen LogP contribution in [0, 0.1) is 5.92 Å². The van der Waals surface area contributed by atoms with Crippen molar-refractivity contribution in [3.8, 4) is 0 Å². The van der Waals surface area contributed by atoms with Gasteiger partial charge in [0.2, 0.25) is 0 Å². The van der Waals surface area contributed by atoms with E-state index in [1.54, 1.807) is 6.92 Å². The number of hydrogen-bond acceptors (Lipinski definition) is 3. The lowest BCUT2D eigenvalue weighted by Gasteiger charge is -2.30. The number of carbonyl (C=O) groups is 1. The van der Waals surface area contributed by atoms with E-state index in [0.29, 0.717) is 18.3 Å². The summed E-state index contributed by atoms with van der Waals surface area (Å²) in [6.07, 6.45) is 1.27. The Morgan fingerprint density at radius 2 is 2.31 bits per heavy atom. The quantitative estimate of drug-likeness (QED) is 0.370. The Balaban J connectivity index is 2.82. The standard InChI is InChI=1S/C10H14O3/c1-6-3-4-8(7(2)5-11)10(13)9(6)12/h3,5,8-10,12-13H,2,4H2,1H3/t8-,9+,10+/m0/s1. The van der Waals surface area contributed by atoms with E-state index in [1.807, 2.05) is 6.08 Å². The minimum Gasteiger partial charge on any atom is -0.389 e. The minimum absolute atomic E-state index is 0.337. The van der Waals surface area contributed by atoms with Gasteiger partial charge in [-0.15, -0.1) is 0 Å². The molecule has 0 aliphatic heterocycles. The Hall–Kier alpha value is -0.930. The summed E-state index contributed by atoms with van der Waals surface area (Å²) >= 11 is 0. The molecule has 1 aliphatic carbocycles. The largest absolute Gasteiger partial charge is 0.389 e. The summed E-state index contributed by atoms with van der Waals surface area (Å²) in [6, 6.07) is 0. The van der Waals surface area contributed by atoms with Gasteiger partial charge in [0.15, 0.2) is 0 Å². The first-order chi connectivity index (χ1) is 6.07.